The topological polar surface area (TPSA) is 57.4 Å². The summed E-state index contributed by atoms with van der Waals surface area (Å²) in [5.41, 5.74) is -1.07. The molecule has 0 unspecified atom stereocenters. The molecule has 1 amide bonds. The Morgan fingerprint density at radius 2 is 2.52 bits per heavy atom. The van der Waals surface area contributed by atoms with E-state index < -0.39 is 55.2 Å². The highest BCUT2D eigenvalue weighted by Gasteiger charge is 2.22. The van der Waals surface area contributed by atoms with Gasteiger partial charge in [0.2, 0.25) is 0 Å². The number of carbonyl (C=O) groups is 1. The molecule has 2 heterocycles. The fraction of sp³-hybridized carbons (Fsp3) is 0.438. The van der Waals surface area contributed by atoms with Crippen LogP contribution in [0.25, 0.3) is 10.9 Å². The molecule has 1 aromatic carbocycles. The summed E-state index contributed by atoms with van der Waals surface area (Å²) in [5.74, 6) is 0. The van der Waals surface area contributed by atoms with E-state index in [4.69, 9.17) is 16.5 Å². The predicted octanol–water partition coefficient (Wildman–Crippen LogP) is 1.92. The first-order valence-electron chi connectivity index (χ1n) is 12.0. The Balaban J connectivity index is 2.31. The molecular formula is C16H21N3O2. The highest BCUT2D eigenvalue weighted by molar-refractivity contribution is 5.84. The van der Waals surface area contributed by atoms with Gasteiger partial charge in [-0.1, -0.05) is 6.07 Å². The molecule has 0 saturated carbocycles. The van der Waals surface area contributed by atoms with Gasteiger partial charge >= 0.3 is 6.09 Å². The second kappa shape index (κ2) is 5.77. The van der Waals surface area contributed by atoms with Crippen LogP contribution in [0.5, 0.6) is 0 Å². The lowest BCUT2D eigenvalue weighted by atomic mass is 10.0. The van der Waals surface area contributed by atoms with Crippen molar-refractivity contribution >= 4 is 17.0 Å². The molecule has 0 bridgehead atoms. The van der Waals surface area contributed by atoms with E-state index >= 15 is 0 Å². The summed E-state index contributed by atoms with van der Waals surface area (Å²) < 4.78 is 103. The van der Waals surface area contributed by atoms with Gasteiger partial charge in [-0.05, 0) is 50.1 Å². The molecule has 0 radical (unpaired) electrons. The van der Waals surface area contributed by atoms with Gasteiger partial charge in [-0.25, -0.2) is 4.79 Å². The Labute approximate surface area is 141 Å². The third-order valence-electron chi connectivity index (χ3n) is 2.66. The highest BCUT2D eigenvalue weighted by Crippen LogP contribution is 2.21. The van der Waals surface area contributed by atoms with Gasteiger partial charge in [-0.15, -0.1) is 0 Å². The van der Waals surface area contributed by atoms with Crippen molar-refractivity contribution in [3.8, 4) is 0 Å². The van der Waals surface area contributed by atoms with Crippen LogP contribution < -0.4 is 5.31 Å². The molecule has 1 atom stereocenters. The van der Waals surface area contributed by atoms with Gasteiger partial charge in [0.1, 0.15) is 6.56 Å². The maximum absolute atomic E-state index is 11.7. The summed E-state index contributed by atoms with van der Waals surface area (Å²) in [6, 6.07) is -0.0191. The molecule has 1 aliphatic heterocycles. The number of cyclic esters (lactones) is 1. The zero-order valence-electron chi connectivity index (χ0n) is 23.4. The second-order valence-electron chi connectivity index (χ2n) is 4.52. The number of rotatable bonds is 5. The monoisotopic (exact) mass is 299 g/mol. The molecule has 112 valence electrons. The lowest BCUT2D eigenvalue weighted by Crippen LogP contribution is -2.28. The number of alkyl carbamates (subject to hydrolysis) is 1. The number of hydrogen-bond acceptors (Lipinski definition) is 3. The molecule has 21 heavy (non-hydrogen) atoms. The maximum atomic E-state index is 11.7. The van der Waals surface area contributed by atoms with Crippen LogP contribution in [-0.2, 0) is 17.5 Å². The zero-order chi connectivity index (χ0) is 25.5. The predicted molar refractivity (Wildman–Crippen MR) is 82.5 cm³/mol. The quantitative estimate of drug-likeness (QED) is 0.887. The van der Waals surface area contributed by atoms with Crippen molar-refractivity contribution < 1.29 is 26.1 Å². The zero-order valence-corrected chi connectivity index (χ0v) is 11.4. The summed E-state index contributed by atoms with van der Waals surface area (Å²) in [5, 5.41) is -0.466. The molecular weight excluding hydrogens is 266 g/mol. The number of hydrogen-bond donors (Lipinski definition) is 2. The Morgan fingerprint density at radius 1 is 1.67 bits per heavy atom. The standard InChI is InChI=1S/C16H21N3O2/c1-19(2)6-5-12-9-17-15-4-3-11(8-14(12)15)7-13-10-21-16(20)18-13/h3-4,8-9,13,17H,5-7,10H2,1-2H3,(H,18,20)/t13-/m0/s1/i5D2,6D2,7D2,9D,10D2,13D/hD2. The number of carbonyl (C=O) groups excluding carboxylic acids is 1. The average molecular weight is 299 g/mol. The van der Waals surface area contributed by atoms with Gasteiger partial charge in [-0.2, -0.15) is 0 Å². The van der Waals surface area contributed by atoms with Crippen LogP contribution in [0.2, 0.25) is 2.82 Å². The molecule has 0 spiro atoms. The number of benzene rings is 1. The van der Waals surface area contributed by atoms with Crippen LogP contribution in [0, 0.1) is 0 Å². The molecule has 2 aromatic rings. The largest absolute Gasteiger partial charge is 0.447 e. The van der Waals surface area contributed by atoms with Crippen molar-refractivity contribution in [3.63, 3.8) is 0 Å². The Hall–Kier alpha value is -2.01. The maximum Gasteiger partial charge on any atom is 0.407 e. The van der Waals surface area contributed by atoms with Gasteiger partial charge in [0.25, 0.3) is 0 Å². The average Bonchev–Trinajstić information content (AvgIpc) is 3.04. The van der Waals surface area contributed by atoms with Crippen molar-refractivity contribution in [1.82, 2.24) is 15.2 Å². The van der Waals surface area contributed by atoms with Crippen LogP contribution in [0.4, 0.5) is 4.79 Å². The number of ether oxygens (including phenoxy) is 1. The van der Waals surface area contributed by atoms with E-state index in [1.807, 2.05) is 0 Å². The molecule has 0 aliphatic carbocycles. The number of likely N-dealkylation sites (N-methyl/N-ethyl adjacent to an activating group) is 1. The molecule has 5 nitrogen and oxygen atoms in total. The lowest BCUT2D eigenvalue weighted by molar-refractivity contribution is 0.177. The van der Waals surface area contributed by atoms with Crippen LogP contribution in [-0.4, -0.2) is 49.1 Å². The minimum absolute atomic E-state index is 0.0588. The Bertz CT molecular complexity index is 1130. The van der Waals surface area contributed by atoms with Crippen molar-refractivity contribution in [2.45, 2.75) is 18.8 Å². The van der Waals surface area contributed by atoms with E-state index in [0.29, 0.717) is 4.98 Å². The van der Waals surface area contributed by atoms with E-state index in [1.54, 1.807) is 0 Å². The second-order valence-corrected chi connectivity index (χ2v) is 4.52. The minimum atomic E-state index is -3.23. The molecule has 5 heteroatoms. The number of nitrogens with zero attached hydrogens (tertiary/aromatic N) is 1. The van der Waals surface area contributed by atoms with E-state index in [9.17, 15) is 4.79 Å². The van der Waals surface area contributed by atoms with Gasteiger partial charge in [-0.3, -0.25) is 0 Å². The summed E-state index contributed by atoms with van der Waals surface area (Å²) in [7, 11) is 2.58. The van der Waals surface area contributed by atoms with E-state index in [2.05, 4.69) is 4.74 Å². The van der Waals surface area contributed by atoms with Crippen LogP contribution >= 0.6 is 0 Å². The van der Waals surface area contributed by atoms with Crippen molar-refractivity contribution in [1.29, 1.82) is 0 Å². The third-order valence-corrected chi connectivity index (χ3v) is 2.66. The van der Waals surface area contributed by atoms with Crippen molar-refractivity contribution in [3.05, 3.63) is 35.5 Å². The third kappa shape index (κ3) is 3.19. The number of amides is 1. The fourth-order valence-electron chi connectivity index (χ4n) is 1.77. The van der Waals surface area contributed by atoms with E-state index in [1.165, 1.54) is 14.1 Å². The number of aryl methyl sites for hydroxylation is 1. The summed E-state index contributed by atoms with van der Waals surface area (Å²) in [4.78, 5) is 13.2. The van der Waals surface area contributed by atoms with Gasteiger partial charge in [0, 0.05) is 31.8 Å². The number of nitrogens with one attached hydrogen (secondary N) is 2. The van der Waals surface area contributed by atoms with Gasteiger partial charge < -0.3 is 19.9 Å². The molecule has 2 N–H and O–H groups in total. The minimum Gasteiger partial charge on any atom is -0.447 e. The van der Waals surface area contributed by atoms with Crippen molar-refractivity contribution in [2.75, 3.05) is 27.2 Å². The number of H-pyrrole nitrogens is 1. The summed E-state index contributed by atoms with van der Waals surface area (Å²) >= 11 is 0. The van der Waals surface area contributed by atoms with Gasteiger partial charge in [0.05, 0.1) is 11.5 Å². The van der Waals surface area contributed by atoms with Crippen LogP contribution in [0.1, 0.15) is 24.8 Å². The van der Waals surface area contributed by atoms with Crippen LogP contribution in [0.15, 0.2) is 24.4 Å². The highest BCUT2D eigenvalue weighted by atomic mass is 16.6. The molecule has 3 rings (SSSR count). The Kier molecular flexibility index (Phi) is 1.55. The number of fused-ring (bicyclic) bond motifs is 1. The smallest absolute Gasteiger partial charge is 0.407 e. The first-order chi connectivity index (χ1) is 14.8. The fourth-order valence-corrected chi connectivity index (χ4v) is 1.77. The number of aromatic amines is 1. The van der Waals surface area contributed by atoms with E-state index in [-0.39, 0.29) is 16.2 Å². The lowest BCUT2D eigenvalue weighted by Gasteiger charge is -2.09. The molecule has 1 fully saturated rings. The normalized spacial score (nSPS) is 35.0. The first-order valence-corrected chi connectivity index (χ1v) is 6.11. The molecule has 1 saturated heterocycles. The van der Waals surface area contributed by atoms with Crippen LogP contribution in [0.3, 0.4) is 0 Å². The summed E-state index contributed by atoms with van der Waals surface area (Å²) in [6.45, 7) is -5.88. The Morgan fingerprint density at radius 3 is 3.24 bits per heavy atom. The van der Waals surface area contributed by atoms with Gasteiger partial charge in [0.15, 0.2) is 2.82 Å². The molecule has 1 aromatic heterocycles. The summed E-state index contributed by atoms with van der Waals surface area (Å²) in [6.07, 6.45) is -8.20. The molecule has 1 aliphatic rings. The van der Waals surface area contributed by atoms with E-state index in [0.717, 1.165) is 23.1 Å². The first kappa shape index (κ1) is 5.65. The van der Waals surface area contributed by atoms with Crippen molar-refractivity contribution in [2.24, 2.45) is 0 Å². The number of aromatic nitrogens is 1. The SMILES string of the molecule is [2H]c1c(C([2H])([2H])C([2H])([2H])N(C)C)c2cc(C([2H])([2H])[C@]3([2H])N([2H])C(=O)OC3([2H])[2H])ccc2n1[2H].